The molecule has 2 aromatic heterocycles. The van der Waals surface area contributed by atoms with Crippen molar-refractivity contribution in [3.8, 4) is 11.8 Å². The molecule has 0 N–H and O–H groups in total. The number of aromatic nitrogens is 2. The highest BCUT2D eigenvalue weighted by Crippen LogP contribution is 2.32. The minimum absolute atomic E-state index is 0.194. The second-order valence-corrected chi connectivity index (χ2v) is 5.04. The number of ether oxygens (including phenoxy) is 1. The lowest BCUT2D eigenvalue weighted by Gasteiger charge is -2.05. The Morgan fingerprint density at radius 3 is 2.86 bits per heavy atom. The van der Waals surface area contributed by atoms with E-state index in [0.717, 1.165) is 11.1 Å². The number of fused-ring (bicyclic) bond motifs is 1. The van der Waals surface area contributed by atoms with Crippen LogP contribution in [0.4, 0.5) is 0 Å². The molecule has 3 rings (SSSR count). The highest BCUT2D eigenvalue weighted by atomic mass is 16.5. The van der Waals surface area contributed by atoms with Crippen LogP contribution in [0.5, 0.6) is 5.75 Å². The van der Waals surface area contributed by atoms with E-state index in [0.29, 0.717) is 24.0 Å². The van der Waals surface area contributed by atoms with E-state index in [4.69, 9.17) is 14.4 Å². The fourth-order valence-electron chi connectivity index (χ4n) is 2.13. The van der Waals surface area contributed by atoms with Crippen molar-refractivity contribution in [1.82, 2.24) is 9.78 Å². The molecule has 0 aliphatic carbocycles. The Kier molecular flexibility index (Phi) is 3.36. The number of rotatable bonds is 4. The summed E-state index contributed by atoms with van der Waals surface area (Å²) in [5, 5.41) is 14.4. The predicted octanol–water partition coefficient (Wildman–Crippen LogP) is 3.66. The van der Waals surface area contributed by atoms with Gasteiger partial charge in [0, 0.05) is 12.2 Å². The molecule has 0 aliphatic heterocycles. The van der Waals surface area contributed by atoms with Gasteiger partial charge in [-0.3, -0.25) is 4.68 Å². The first-order chi connectivity index (χ1) is 10.2. The molecule has 5 heteroatoms. The van der Waals surface area contributed by atoms with Gasteiger partial charge in [-0.25, -0.2) is 0 Å². The van der Waals surface area contributed by atoms with Gasteiger partial charge in [0.2, 0.25) is 5.76 Å². The van der Waals surface area contributed by atoms with Crippen LogP contribution in [0.3, 0.4) is 0 Å². The first-order valence-electron chi connectivity index (χ1n) is 6.77. The number of furan rings is 1. The lowest BCUT2D eigenvalue weighted by atomic mass is 10.2. The molecule has 21 heavy (non-hydrogen) atoms. The molecule has 0 saturated heterocycles. The predicted molar refractivity (Wildman–Crippen MR) is 77.9 cm³/mol. The topological polar surface area (TPSA) is 64.0 Å². The van der Waals surface area contributed by atoms with Crippen molar-refractivity contribution in [2.45, 2.75) is 26.5 Å². The van der Waals surface area contributed by atoms with Crippen LogP contribution >= 0.6 is 0 Å². The van der Waals surface area contributed by atoms with Gasteiger partial charge in [-0.05, 0) is 32.0 Å². The normalized spacial score (nSPS) is 11.0. The summed E-state index contributed by atoms with van der Waals surface area (Å²) >= 11 is 0. The Morgan fingerprint density at radius 2 is 2.14 bits per heavy atom. The largest absolute Gasteiger partial charge is 0.482 e. The number of nitriles is 1. The summed E-state index contributed by atoms with van der Waals surface area (Å²) in [5.74, 6) is 0.673. The molecule has 3 aromatic rings. The lowest BCUT2D eigenvalue weighted by molar-refractivity contribution is 0.296. The molecule has 2 heterocycles. The zero-order chi connectivity index (χ0) is 14.8. The van der Waals surface area contributed by atoms with Crippen LogP contribution < -0.4 is 4.74 Å². The summed E-state index contributed by atoms with van der Waals surface area (Å²) in [4.78, 5) is 0. The highest BCUT2D eigenvalue weighted by molar-refractivity contribution is 5.86. The molecular formula is C16H15N3O2. The van der Waals surface area contributed by atoms with Crippen LogP contribution in [0.25, 0.3) is 11.0 Å². The third kappa shape index (κ3) is 2.48. The minimum atomic E-state index is 0.194. The van der Waals surface area contributed by atoms with Crippen molar-refractivity contribution in [3.05, 3.63) is 48.0 Å². The highest BCUT2D eigenvalue weighted by Gasteiger charge is 2.15. The Hall–Kier alpha value is -2.74. The van der Waals surface area contributed by atoms with Crippen molar-refractivity contribution in [1.29, 1.82) is 5.26 Å². The van der Waals surface area contributed by atoms with Crippen molar-refractivity contribution >= 4 is 11.0 Å². The molecule has 0 atom stereocenters. The Balaban J connectivity index is 1.86. The lowest BCUT2D eigenvalue weighted by Crippen LogP contribution is -2.03. The van der Waals surface area contributed by atoms with Crippen LogP contribution in [0.1, 0.15) is 31.3 Å². The van der Waals surface area contributed by atoms with Crippen LogP contribution in [0, 0.1) is 11.3 Å². The van der Waals surface area contributed by atoms with E-state index in [2.05, 4.69) is 18.9 Å². The fourth-order valence-corrected chi connectivity index (χ4v) is 2.13. The molecule has 0 saturated carbocycles. The zero-order valence-corrected chi connectivity index (χ0v) is 11.9. The second kappa shape index (κ2) is 5.33. The quantitative estimate of drug-likeness (QED) is 0.732. The third-order valence-electron chi connectivity index (χ3n) is 3.21. The molecular weight excluding hydrogens is 266 g/mol. The summed E-state index contributed by atoms with van der Waals surface area (Å²) in [7, 11) is 0. The van der Waals surface area contributed by atoms with Gasteiger partial charge in [-0.15, -0.1) is 0 Å². The SMILES string of the molecule is CC(C)n1ccc(COc2c(C#N)oc3ccccc23)n1. The average Bonchev–Trinajstić information content (AvgIpc) is 3.09. The summed E-state index contributed by atoms with van der Waals surface area (Å²) in [5.41, 5.74) is 1.47. The monoisotopic (exact) mass is 281 g/mol. The number of benzene rings is 1. The van der Waals surface area contributed by atoms with Crippen LogP contribution in [0.15, 0.2) is 40.9 Å². The second-order valence-electron chi connectivity index (χ2n) is 5.04. The number of hydrogen-bond donors (Lipinski definition) is 0. The van der Waals surface area contributed by atoms with Crippen molar-refractivity contribution < 1.29 is 9.15 Å². The van der Waals surface area contributed by atoms with Gasteiger partial charge >= 0.3 is 0 Å². The fraction of sp³-hybridized carbons (Fsp3) is 0.250. The van der Waals surface area contributed by atoms with Gasteiger partial charge in [0.15, 0.2) is 5.75 Å². The molecule has 5 nitrogen and oxygen atoms in total. The van der Waals surface area contributed by atoms with E-state index in [-0.39, 0.29) is 5.76 Å². The number of para-hydroxylation sites is 1. The summed E-state index contributed by atoms with van der Waals surface area (Å²) in [6.45, 7) is 4.43. The maximum atomic E-state index is 9.15. The van der Waals surface area contributed by atoms with Gasteiger partial charge in [-0.2, -0.15) is 10.4 Å². The average molecular weight is 281 g/mol. The molecule has 0 spiro atoms. The Labute approximate surface area is 122 Å². The van der Waals surface area contributed by atoms with Gasteiger partial charge < -0.3 is 9.15 Å². The van der Waals surface area contributed by atoms with Crippen molar-refractivity contribution in [2.24, 2.45) is 0 Å². The molecule has 1 aromatic carbocycles. The molecule has 0 aliphatic rings. The summed E-state index contributed by atoms with van der Waals surface area (Å²) in [6.07, 6.45) is 1.92. The molecule has 0 unspecified atom stereocenters. The Morgan fingerprint density at radius 1 is 1.33 bits per heavy atom. The standard InChI is InChI=1S/C16H15N3O2/c1-11(2)19-8-7-12(18-19)10-20-16-13-5-3-4-6-14(13)21-15(16)9-17/h3-8,11H,10H2,1-2H3. The van der Waals surface area contributed by atoms with E-state index < -0.39 is 0 Å². The molecule has 0 radical (unpaired) electrons. The first-order valence-corrected chi connectivity index (χ1v) is 6.77. The van der Waals surface area contributed by atoms with E-state index in [1.54, 1.807) is 0 Å². The molecule has 0 bridgehead atoms. The molecule has 106 valence electrons. The summed E-state index contributed by atoms with van der Waals surface area (Å²) < 4.78 is 13.1. The van der Waals surface area contributed by atoms with E-state index in [9.17, 15) is 0 Å². The van der Waals surface area contributed by atoms with Gasteiger partial charge in [0.25, 0.3) is 0 Å². The number of hydrogen-bond acceptors (Lipinski definition) is 4. The maximum Gasteiger partial charge on any atom is 0.246 e. The smallest absolute Gasteiger partial charge is 0.246 e. The summed E-state index contributed by atoms with van der Waals surface area (Å²) in [6, 6.07) is 11.7. The molecule has 0 amide bonds. The van der Waals surface area contributed by atoms with Crippen molar-refractivity contribution in [3.63, 3.8) is 0 Å². The minimum Gasteiger partial charge on any atom is -0.482 e. The van der Waals surface area contributed by atoms with Crippen LogP contribution in [0.2, 0.25) is 0 Å². The zero-order valence-electron chi connectivity index (χ0n) is 11.9. The van der Waals surface area contributed by atoms with E-state index >= 15 is 0 Å². The maximum absolute atomic E-state index is 9.15. The van der Waals surface area contributed by atoms with Gasteiger partial charge in [0.1, 0.15) is 18.3 Å². The van der Waals surface area contributed by atoms with E-state index in [1.165, 1.54) is 0 Å². The van der Waals surface area contributed by atoms with Crippen LogP contribution in [-0.4, -0.2) is 9.78 Å². The van der Waals surface area contributed by atoms with Crippen molar-refractivity contribution in [2.75, 3.05) is 0 Å². The Bertz CT molecular complexity index is 808. The third-order valence-corrected chi connectivity index (χ3v) is 3.21. The van der Waals surface area contributed by atoms with E-state index in [1.807, 2.05) is 47.3 Å². The first kappa shape index (κ1) is 13.3. The number of nitrogens with zero attached hydrogens (tertiary/aromatic N) is 3. The van der Waals surface area contributed by atoms with Gasteiger partial charge in [-0.1, -0.05) is 12.1 Å². The van der Waals surface area contributed by atoms with Gasteiger partial charge in [0.05, 0.1) is 11.1 Å². The molecule has 0 fully saturated rings. The van der Waals surface area contributed by atoms with Crippen LogP contribution in [-0.2, 0) is 6.61 Å².